The van der Waals surface area contributed by atoms with E-state index in [1.54, 1.807) is 0 Å². The van der Waals surface area contributed by atoms with Crippen LogP contribution in [0.2, 0.25) is 0 Å². The molecule has 0 saturated carbocycles. The van der Waals surface area contributed by atoms with E-state index in [1.165, 1.54) is 38.5 Å². The van der Waals surface area contributed by atoms with E-state index in [0.29, 0.717) is 0 Å². The van der Waals surface area contributed by atoms with Gasteiger partial charge in [-0.25, -0.2) is 9.59 Å². The van der Waals surface area contributed by atoms with Crippen LogP contribution < -0.4 is 9.47 Å². The van der Waals surface area contributed by atoms with Crippen LogP contribution in [0.3, 0.4) is 0 Å². The summed E-state index contributed by atoms with van der Waals surface area (Å²) in [6, 6.07) is 9.21. The number of carboxylic acids is 2. The van der Waals surface area contributed by atoms with Crippen molar-refractivity contribution < 1.29 is 49.1 Å². The maximum absolute atomic E-state index is 12.8. The number of methoxy groups -OCH3 is 2. The molecule has 0 aliphatic heterocycles. The Morgan fingerprint density at radius 1 is 0.633 bits per heavy atom. The average Bonchev–Trinajstić information content (AvgIpc) is 2.76. The Hall–Kier alpha value is -3.76. The zero-order chi connectivity index (χ0) is 22.7. The number of carboxylic acid groups (broad SMARTS) is 2. The standard InChI is InChI=1S/C20H18O10/c1-29-13-7-3-11(4-8-13)15(21)19(27,17(23)24)20(28,18(25)26)16(22)12-5-9-14(30-2)10-6-12/h3-10,27-28H,1-2H3,(H,23,24)(H,25,26)/t19-,20-/m1/s1. The summed E-state index contributed by atoms with van der Waals surface area (Å²) >= 11 is 0. The van der Waals surface area contributed by atoms with Crippen LogP contribution in [0.15, 0.2) is 48.5 Å². The van der Waals surface area contributed by atoms with E-state index in [9.17, 15) is 39.6 Å². The normalized spacial score (nSPS) is 14.7. The first-order valence-electron chi connectivity index (χ1n) is 8.33. The first-order chi connectivity index (χ1) is 14.0. The molecule has 10 heteroatoms. The van der Waals surface area contributed by atoms with Crippen molar-refractivity contribution in [2.24, 2.45) is 0 Å². The molecule has 2 atom stereocenters. The second kappa shape index (κ2) is 8.31. The number of hydrogen-bond acceptors (Lipinski definition) is 8. The summed E-state index contributed by atoms with van der Waals surface area (Å²) < 4.78 is 9.81. The average molecular weight is 418 g/mol. The lowest BCUT2D eigenvalue weighted by atomic mass is 9.73. The summed E-state index contributed by atoms with van der Waals surface area (Å²) in [5, 5.41) is 40.5. The van der Waals surface area contributed by atoms with Crippen molar-refractivity contribution in [1.29, 1.82) is 0 Å². The summed E-state index contributed by atoms with van der Waals surface area (Å²) in [6.07, 6.45) is 0. The van der Waals surface area contributed by atoms with Crippen LogP contribution in [0.4, 0.5) is 0 Å². The summed E-state index contributed by atoms with van der Waals surface area (Å²) in [4.78, 5) is 49.4. The molecule has 158 valence electrons. The Bertz CT molecular complexity index is 898. The number of Topliss-reactive ketones (excluding diaryl/α,β-unsaturated/α-hetero) is 2. The van der Waals surface area contributed by atoms with E-state index < -0.39 is 45.8 Å². The number of carbonyl (C=O) groups is 4. The van der Waals surface area contributed by atoms with Gasteiger partial charge in [0.05, 0.1) is 14.2 Å². The third kappa shape index (κ3) is 3.49. The summed E-state index contributed by atoms with van der Waals surface area (Å²) in [5.74, 6) is -7.68. The van der Waals surface area contributed by atoms with Crippen molar-refractivity contribution in [1.82, 2.24) is 0 Å². The lowest BCUT2D eigenvalue weighted by Gasteiger charge is -2.34. The highest BCUT2D eigenvalue weighted by atomic mass is 16.5. The molecule has 0 saturated heterocycles. The van der Waals surface area contributed by atoms with Gasteiger partial charge in [-0.2, -0.15) is 0 Å². The third-order valence-electron chi connectivity index (χ3n) is 4.50. The van der Waals surface area contributed by atoms with Gasteiger partial charge >= 0.3 is 11.9 Å². The Morgan fingerprint density at radius 2 is 0.900 bits per heavy atom. The highest BCUT2D eigenvalue weighted by Gasteiger charge is 2.69. The van der Waals surface area contributed by atoms with Crippen LogP contribution in [0.5, 0.6) is 11.5 Å². The third-order valence-corrected chi connectivity index (χ3v) is 4.50. The predicted molar refractivity (Wildman–Crippen MR) is 99.8 cm³/mol. The molecule has 0 heterocycles. The maximum Gasteiger partial charge on any atom is 0.348 e. The van der Waals surface area contributed by atoms with Crippen molar-refractivity contribution in [3.8, 4) is 11.5 Å². The van der Waals surface area contributed by atoms with Gasteiger partial charge < -0.3 is 29.9 Å². The van der Waals surface area contributed by atoms with Gasteiger partial charge in [0, 0.05) is 11.1 Å². The molecular formula is C20H18O10. The fourth-order valence-corrected chi connectivity index (χ4v) is 2.73. The minimum Gasteiger partial charge on any atom is -0.497 e. The van der Waals surface area contributed by atoms with Gasteiger partial charge in [-0.15, -0.1) is 0 Å². The van der Waals surface area contributed by atoms with Gasteiger partial charge in [0.2, 0.25) is 11.6 Å². The highest BCUT2D eigenvalue weighted by molar-refractivity contribution is 6.28. The van der Waals surface area contributed by atoms with Gasteiger partial charge in [0.25, 0.3) is 11.2 Å². The lowest BCUT2D eigenvalue weighted by molar-refractivity contribution is -0.187. The number of aliphatic hydroxyl groups is 2. The van der Waals surface area contributed by atoms with Gasteiger partial charge in [-0.05, 0) is 48.5 Å². The van der Waals surface area contributed by atoms with Gasteiger partial charge in [0.1, 0.15) is 11.5 Å². The molecule has 0 bridgehead atoms. The van der Waals surface area contributed by atoms with Crippen molar-refractivity contribution in [3.63, 3.8) is 0 Å². The number of benzene rings is 2. The molecule has 0 unspecified atom stereocenters. The largest absolute Gasteiger partial charge is 0.497 e. The monoisotopic (exact) mass is 418 g/mol. The number of aliphatic carboxylic acids is 2. The predicted octanol–water partition coefficient (Wildman–Crippen LogP) is 0.401. The molecule has 2 rings (SSSR count). The quantitative estimate of drug-likeness (QED) is 0.330. The number of hydrogen-bond donors (Lipinski definition) is 4. The van der Waals surface area contributed by atoms with Gasteiger partial charge in [-0.1, -0.05) is 0 Å². The molecule has 0 fully saturated rings. The van der Waals surface area contributed by atoms with E-state index in [4.69, 9.17) is 9.47 Å². The second-order valence-electron chi connectivity index (χ2n) is 6.15. The first-order valence-corrected chi connectivity index (χ1v) is 8.33. The maximum atomic E-state index is 12.8. The SMILES string of the molecule is COc1ccc(C(=O)[C@@](O)(C(=O)O)[C@](O)(C(=O)O)C(=O)c2ccc(OC)cc2)cc1. The molecule has 2 aromatic rings. The molecule has 2 aromatic carbocycles. The summed E-state index contributed by atoms with van der Waals surface area (Å²) in [6.45, 7) is 0. The molecule has 4 N–H and O–H groups in total. The smallest absolute Gasteiger partial charge is 0.348 e. The fourth-order valence-electron chi connectivity index (χ4n) is 2.73. The zero-order valence-corrected chi connectivity index (χ0v) is 15.9. The Kier molecular flexibility index (Phi) is 6.24. The van der Waals surface area contributed by atoms with Gasteiger partial charge in [0.15, 0.2) is 0 Å². The second-order valence-corrected chi connectivity index (χ2v) is 6.15. The number of carbonyl (C=O) groups excluding carboxylic acids is 2. The van der Waals surface area contributed by atoms with Crippen molar-refractivity contribution in [2.45, 2.75) is 11.2 Å². The van der Waals surface area contributed by atoms with Crippen LogP contribution in [-0.2, 0) is 9.59 Å². The van der Waals surface area contributed by atoms with Crippen molar-refractivity contribution in [3.05, 3.63) is 59.7 Å². The number of ketones is 2. The molecule has 0 amide bonds. The van der Waals surface area contributed by atoms with E-state index in [2.05, 4.69) is 0 Å². The van der Waals surface area contributed by atoms with Crippen LogP contribution in [-0.4, -0.2) is 69.4 Å². The molecule has 0 aliphatic rings. The first kappa shape index (κ1) is 22.5. The minimum absolute atomic E-state index is 0.285. The summed E-state index contributed by atoms with van der Waals surface area (Å²) in [7, 11) is 2.67. The molecular weight excluding hydrogens is 400 g/mol. The van der Waals surface area contributed by atoms with Crippen LogP contribution in [0.25, 0.3) is 0 Å². The molecule has 30 heavy (non-hydrogen) atoms. The zero-order valence-electron chi connectivity index (χ0n) is 15.9. The van der Waals surface area contributed by atoms with Crippen LogP contribution in [0.1, 0.15) is 20.7 Å². The van der Waals surface area contributed by atoms with Crippen LogP contribution >= 0.6 is 0 Å². The Labute approximate surface area is 169 Å². The van der Waals surface area contributed by atoms with E-state index >= 15 is 0 Å². The van der Waals surface area contributed by atoms with E-state index in [-0.39, 0.29) is 11.5 Å². The van der Waals surface area contributed by atoms with E-state index in [1.807, 2.05) is 0 Å². The Balaban J connectivity index is 2.64. The lowest BCUT2D eigenvalue weighted by Crippen LogP contribution is -2.71. The number of ether oxygens (including phenoxy) is 2. The molecule has 0 aliphatic carbocycles. The molecule has 10 nitrogen and oxygen atoms in total. The van der Waals surface area contributed by atoms with Gasteiger partial charge in [-0.3, -0.25) is 9.59 Å². The number of rotatable bonds is 9. The van der Waals surface area contributed by atoms with Crippen LogP contribution in [0, 0.1) is 0 Å². The Morgan fingerprint density at radius 3 is 1.10 bits per heavy atom. The fraction of sp³-hybridized carbons (Fsp3) is 0.200. The minimum atomic E-state index is -4.04. The van der Waals surface area contributed by atoms with Crippen molar-refractivity contribution >= 4 is 23.5 Å². The molecule has 0 spiro atoms. The molecule has 0 radical (unpaired) electrons. The highest BCUT2D eigenvalue weighted by Crippen LogP contribution is 2.32. The summed E-state index contributed by atoms with van der Waals surface area (Å²) in [5.41, 5.74) is -9.01. The topological polar surface area (TPSA) is 168 Å². The van der Waals surface area contributed by atoms with Crippen molar-refractivity contribution in [2.75, 3.05) is 14.2 Å². The van der Waals surface area contributed by atoms with E-state index in [0.717, 1.165) is 24.3 Å². The molecule has 0 aromatic heterocycles.